The standard InChI is InChI=1S/C12H12N2O3/c15-8-4-5-10-9(6-8)11(16)14(12(17)13-10)7-2-1-3-7/h4-7,15H,1-3H2,(H,13,17). The van der Waals surface area contributed by atoms with E-state index in [1.165, 1.54) is 16.7 Å². The Kier molecular flexibility index (Phi) is 2.07. The number of hydrogen-bond acceptors (Lipinski definition) is 3. The minimum atomic E-state index is -0.363. The van der Waals surface area contributed by atoms with Crippen LogP contribution in [0.4, 0.5) is 0 Å². The minimum absolute atomic E-state index is 0.0120. The van der Waals surface area contributed by atoms with Crippen molar-refractivity contribution >= 4 is 10.9 Å². The fourth-order valence-corrected chi connectivity index (χ4v) is 2.19. The summed E-state index contributed by atoms with van der Waals surface area (Å²) in [5.74, 6) is 0.0295. The third-order valence-corrected chi connectivity index (χ3v) is 3.35. The summed E-state index contributed by atoms with van der Waals surface area (Å²) in [5, 5.41) is 9.74. The molecule has 3 rings (SSSR count). The summed E-state index contributed by atoms with van der Waals surface area (Å²) >= 11 is 0. The molecule has 2 aromatic rings. The van der Waals surface area contributed by atoms with Crippen LogP contribution in [0.25, 0.3) is 10.9 Å². The average molecular weight is 232 g/mol. The smallest absolute Gasteiger partial charge is 0.329 e. The van der Waals surface area contributed by atoms with Crippen molar-refractivity contribution in [2.24, 2.45) is 0 Å². The third kappa shape index (κ3) is 1.46. The van der Waals surface area contributed by atoms with Crippen molar-refractivity contribution in [1.29, 1.82) is 0 Å². The van der Waals surface area contributed by atoms with Gasteiger partial charge in [-0.05, 0) is 37.5 Å². The molecule has 17 heavy (non-hydrogen) atoms. The van der Waals surface area contributed by atoms with Gasteiger partial charge in [0.1, 0.15) is 5.75 Å². The van der Waals surface area contributed by atoms with Crippen LogP contribution in [0.5, 0.6) is 5.75 Å². The molecule has 0 bridgehead atoms. The number of phenolic OH excluding ortho intramolecular Hbond substituents is 1. The lowest BCUT2D eigenvalue weighted by atomic mass is 9.93. The lowest BCUT2D eigenvalue weighted by Crippen LogP contribution is -2.40. The van der Waals surface area contributed by atoms with Crippen molar-refractivity contribution in [1.82, 2.24) is 9.55 Å². The lowest BCUT2D eigenvalue weighted by Gasteiger charge is -2.26. The molecule has 88 valence electrons. The number of phenols is 1. The Balaban J connectivity index is 2.36. The van der Waals surface area contributed by atoms with E-state index < -0.39 is 0 Å². The van der Waals surface area contributed by atoms with Gasteiger partial charge in [0.15, 0.2) is 0 Å². The lowest BCUT2D eigenvalue weighted by molar-refractivity contribution is 0.298. The first-order chi connectivity index (χ1) is 8.16. The molecule has 1 aliphatic carbocycles. The summed E-state index contributed by atoms with van der Waals surface area (Å²) in [6, 6.07) is 4.39. The number of rotatable bonds is 1. The maximum atomic E-state index is 12.2. The van der Waals surface area contributed by atoms with Gasteiger partial charge in [0.25, 0.3) is 5.56 Å². The quantitative estimate of drug-likeness (QED) is 0.773. The summed E-state index contributed by atoms with van der Waals surface area (Å²) < 4.78 is 1.27. The first-order valence-corrected chi connectivity index (χ1v) is 5.64. The van der Waals surface area contributed by atoms with Gasteiger partial charge < -0.3 is 10.1 Å². The Morgan fingerprint density at radius 1 is 1.29 bits per heavy atom. The van der Waals surface area contributed by atoms with E-state index in [1.807, 2.05) is 0 Å². The molecule has 1 aromatic carbocycles. The third-order valence-electron chi connectivity index (χ3n) is 3.35. The molecule has 5 heteroatoms. The number of nitrogens with zero attached hydrogens (tertiary/aromatic N) is 1. The number of aromatic hydroxyl groups is 1. The van der Waals surface area contributed by atoms with Gasteiger partial charge in [-0.3, -0.25) is 9.36 Å². The molecule has 1 heterocycles. The highest BCUT2D eigenvalue weighted by molar-refractivity contribution is 5.78. The number of aromatic nitrogens is 2. The Hall–Kier alpha value is -2.04. The first kappa shape index (κ1) is 10.1. The fraction of sp³-hybridized carbons (Fsp3) is 0.333. The van der Waals surface area contributed by atoms with Crippen molar-refractivity contribution in [3.05, 3.63) is 39.0 Å². The van der Waals surface area contributed by atoms with Crippen molar-refractivity contribution in [3.8, 4) is 5.75 Å². The zero-order valence-electron chi connectivity index (χ0n) is 9.14. The van der Waals surface area contributed by atoms with Gasteiger partial charge in [0.2, 0.25) is 0 Å². The van der Waals surface area contributed by atoms with Gasteiger partial charge in [-0.15, -0.1) is 0 Å². The molecular weight excluding hydrogens is 220 g/mol. The zero-order valence-corrected chi connectivity index (χ0v) is 9.14. The van der Waals surface area contributed by atoms with E-state index in [4.69, 9.17) is 0 Å². The summed E-state index contributed by atoms with van der Waals surface area (Å²) in [6.45, 7) is 0. The van der Waals surface area contributed by atoms with Crippen molar-refractivity contribution in [2.75, 3.05) is 0 Å². The second-order valence-corrected chi connectivity index (χ2v) is 4.42. The van der Waals surface area contributed by atoms with Gasteiger partial charge >= 0.3 is 5.69 Å². The van der Waals surface area contributed by atoms with Crippen molar-refractivity contribution < 1.29 is 5.11 Å². The highest BCUT2D eigenvalue weighted by Gasteiger charge is 2.23. The molecule has 1 fully saturated rings. The van der Waals surface area contributed by atoms with Crippen LogP contribution in [0.1, 0.15) is 25.3 Å². The van der Waals surface area contributed by atoms with Crippen LogP contribution >= 0.6 is 0 Å². The minimum Gasteiger partial charge on any atom is -0.508 e. The van der Waals surface area contributed by atoms with E-state index in [0.717, 1.165) is 19.3 Å². The Labute approximate surface area is 96.3 Å². The fourth-order valence-electron chi connectivity index (χ4n) is 2.19. The Morgan fingerprint density at radius 2 is 2.06 bits per heavy atom. The topological polar surface area (TPSA) is 75.1 Å². The van der Waals surface area contributed by atoms with E-state index in [1.54, 1.807) is 6.07 Å². The SMILES string of the molecule is O=c1[nH]c2ccc(O)cc2c(=O)n1C1CCC1. The molecular formula is C12H12N2O3. The maximum Gasteiger partial charge on any atom is 0.329 e. The van der Waals surface area contributed by atoms with Crippen LogP contribution in [0.15, 0.2) is 27.8 Å². The molecule has 0 amide bonds. The Morgan fingerprint density at radius 3 is 2.71 bits per heavy atom. The number of aromatic amines is 1. The van der Waals surface area contributed by atoms with E-state index in [-0.39, 0.29) is 23.0 Å². The molecule has 5 nitrogen and oxygen atoms in total. The Bertz CT molecular complexity index is 695. The monoisotopic (exact) mass is 232 g/mol. The van der Waals surface area contributed by atoms with Gasteiger partial charge in [0.05, 0.1) is 10.9 Å². The van der Waals surface area contributed by atoms with Crippen LogP contribution in [0.3, 0.4) is 0 Å². The summed E-state index contributed by atoms with van der Waals surface area (Å²) in [4.78, 5) is 26.7. The number of nitrogens with one attached hydrogen (secondary N) is 1. The molecule has 0 radical (unpaired) electrons. The largest absolute Gasteiger partial charge is 0.508 e. The second kappa shape index (κ2) is 3.48. The molecule has 0 spiro atoms. The molecule has 1 saturated carbocycles. The average Bonchev–Trinajstić information content (AvgIpc) is 2.23. The van der Waals surface area contributed by atoms with Crippen LogP contribution in [0.2, 0.25) is 0 Å². The normalized spacial score (nSPS) is 16.0. The first-order valence-electron chi connectivity index (χ1n) is 5.64. The van der Waals surface area contributed by atoms with Gasteiger partial charge in [-0.2, -0.15) is 0 Å². The van der Waals surface area contributed by atoms with Crippen LogP contribution in [0, 0.1) is 0 Å². The molecule has 0 aliphatic heterocycles. The molecule has 0 saturated heterocycles. The molecule has 0 unspecified atom stereocenters. The van der Waals surface area contributed by atoms with Crippen LogP contribution < -0.4 is 11.2 Å². The number of hydrogen-bond donors (Lipinski definition) is 2. The van der Waals surface area contributed by atoms with E-state index in [9.17, 15) is 14.7 Å². The van der Waals surface area contributed by atoms with Gasteiger partial charge in [-0.25, -0.2) is 4.79 Å². The number of H-pyrrole nitrogens is 1. The van der Waals surface area contributed by atoms with E-state index in [2.05, 4.69) is 4.98 Å². The van der Waals surface area contributed by atoms with E-state index >= 15 is 0 Å². The molecule has 2 N–H and O–H groups in total. The highest BCUT2D eigenvalue weighted by Crippen LogP contribution is 2.29. The summed E-state index contributed by atoms with van der Waals surface area (Å²) in [7, 11) is 0. The molecule has 1 aliphatic rings. The predicted molar refractivity (Wildman–Crippen MR) is 63.4 cm³/mol. The number of fused-ring (bicyclic) bond motifs is 1. The second-order valence-electron chi connectivity index (χ2n) is 4.42. The number of benzene rings is 1. The van der Waals surface area contributed by atoms with Crippen molar-refractivity contribution in [2.45, 2.75) is 25.3 Å². The molecule has 1 aromatic heterocycles. The van der Waals surface area contributed by atoms with E-state index in [0.29, 0.717) is 10.9 Å². The zero-order chi connectivity index (χ0) is 12.0. The van der Waals surface area contributed by atoms with Gasteiger partial charge in [-0.1, -0.05) is 0 Å². The highest BCUT2D eigenvalue weighted by atomic mass is 16.3. The summed E-state index contributed by atoms with van der Waals surface area (Å²) in [6.07, 6.45) is 2.79. The summed E-state index contributed by atoms with van der Waals surface area (Å²) in [5.41, 5.74) is -0.212. The predicted octanol–water partition coefficient (Wildman–Crippen LogP) is 1.12. The van der Waals surface area contributed by atoms with Gasteiger partial charge in [0, 0.05) is 6.04 Å². The molecule has 0 atom stereocenters. The van der Waals surface area contributed by atoms with Crippen LogP contribution in [-0.4, -0.2) is 14.7 Å². The maximum absolute atomic E-state index is 12.2. The van der Waals surface area contributed by atoms with Crippen LogP contribution in [-0.2, 0) is 0 Å². The van der Waals surface area contributed by atoms with Crippen molar-refractivity contribution in [3.63, 3.8) is 0 Å².